The molecule has 0 unspecified atom stereocenters. The number of nitrogens with zero attached hydrogens (tertiary/aromatic N) is 1. The molecule has 0 aromatic heterocycles. The molecule has 46 heavy (non-hydrogen) atoms. The van der Waals surface area contributed by atoms with Gasteiger partial charge in [0.25, 0.3) is 0 Å². The van der Waals surface area contributed by atoms with E-state index in [2.05, 4.69) is 33.1 Å². The van der Waals surface area contributed by atoms with Crippen LogP contribution < -0.4 is 21.7 Å². The Hall–Kier alpha value is -4.51. The number of amides is 2. The van der Waals surface area contributed by atoms with E-state index in [1.54, 1.807) is 7.05 Å². The molecule has 3 aromatic rings. The summed E-state index contributed by atoms with van der Waals surface area (Å²) in [4.78, 5) is 43.4. The average molecular weight is 650 g/mol. The van der Waals surface area contributed by atoms with Gasteiger partial charge in [-0.1, -0.05) is 100 Å². The number of carbonyl (C=O) groups excluding carboxylic acids is 3. The van der Waals surface area contributed by atoms with Crippen molar-refractivity contribution in [3.05, 3.63) is 95.6 Å². The van der Waals surface area contributed by atoms with E-state index in [0.717, 1.165) is 27.8 Å². The average Bonchev–Trinajstić information content (AvgIpc) is 3.36. The van der Waals surface area contributed by atoms with Crippen molar-refractivity contribution < 1.29 is 23.9 Å². The predicted molar refractivity (Wildman–Crippen MR) is 187 cm³/mol. The number of hydrogen-bond donors (Lipinski definition) is 4. The van der Waals surface area contributed by atoms with Crippen LogP contribution in [-0.4, -0.2) is 56.2 Å². The third kappa shape index (κ3) is 10.00. The number of nitrogens with two attached hydrogens (primary N) is 1. The van der Waals surface area contributed by atoms with Gasteiger partial charge in [-0.2, -0.15) is 13.5 Å². The normalized spacial score (nSPS) is 13.2. The number of hydrogen-bond acceptors (Lipinski definition) is 6. The second-order valence-electron chi connectivity index (χ2n) is 11.0. The predicted octanol–water partition coefficient (Wildman–Crippen LogP) is 4.84. The molecule has 11 heteroatoms. The highest BCUT2D eigenvalue weighted by Gasteiger charge is 2.32. The van der Waals surface area contributed by atoms with E-state index >= 15 is 0 Å². The van der Waals surface area contributed by atoms with Crippen LogP contribution in [0.3, 0.4) is 0 Å². The van der Waals surface area contributed by atoms with Crippen molar-refractivity contribution in [3.8, 4) is 11.1 Å². The smallest absolute Gasteiger partial charge is 0.407 e. The standard InChI is InChI=1S/C34H41N5O5.CH4.H2S/c1-22(2)30(32(41)43-20-23-12-5-4-6-13-23)39-31(40)29(18-11-19-37-33(35)36-3)38-34(42)44-21-28-26-16-9-7-14-24(26)25-15-8-10-17-27(25)28;;/h4-10,12-17,22,28-30H,11,18-21H2,1-3H3,(H,38,42)(H,39,40)(H3,35,36,37);1H4;1H2/t29-,30+;;/m1../s1. The molecular formula is C35H47N5O5S. The maximum Gasteiger partial charge on any atom is 0.407 e. The van der Waals surface area contributed by atoms with Crippen molar-refractivity contribution in [2.75, 3.05) is 20.2 Å². The Morgan fingerprint density at radius 3 is 2.04 bits per heavy atom. The number of nitrogens with one attached hydrogen (secondary N) is 3. The highest BCUT2D eigenvalue weighted by Crippen LogP contribution is 2.44. The second kappa shape index (κ2) is 18.5. The lowest BCUT2D eigenvalue weighted by molar-refractivity contribution is -0.150. The molecule has 1 aliphatic carbocycles. The Morgan fingerprint density at radius 1 is 0.870 bits per heavy atom. The van der Waals surface area contributed by atoms with Crippen LogP contribution in [0, 0.1) is 5.92 Å². The minimum Gasteiger partial charge on any atom is -0.459 e. The molecule has 0 bridgehead atoms. The molecular weight excluding hydrogens is 602 g/mol. The van der Waals surface area contributed by atoms with Gasteiger partial charge in [0.15, 0.2) is 5.96 Å². The van der Waals surface area contributed by atoms with E-state index in [1.807, 2.05) is 80.6 Å². The zero-order valence-corrected chi connectivity index (χ0v) is 26.9. The van der Waals surface area contributed by atoms with Crippen molar-refractivity contribution in [3.63, 3.8) is 0 Å². The fourth-order valence-corrected chi connectivity index (χ4v) is 5.22. The van der Waals surface area contributed by atoms with Gasteiger partial charge in [0.2, 0.25) is 5.91 Å². The minimum atomic E-state index is -0.963. The molecule has 0 fully saturated rings. The first-order valence-corrected chi connectivity index (χ1v) is 14.9. The van der Waals surface area contributed by atoms with Gasteiger partial charge in [-0.25, -0.2) is 9.59 Å². The van der Waals surface area contributed by atoms with Gasteiger partial charge in [-0.15, -0.1) is 0 Å². The van der Waals surface area contributed by atoms with E-state index in [0.29, 0.717) is 13.0 Å². The molecule has 2 amide bonds. The van der Waals surface area contributed by atoms with Crippen LogP contribution in [0.25, 0.3) is 11.1 Å². The molecule has 0 saturated heterocycles. The largest absolute Gasteiger partial charge is 0.459 e. The summed E-state index contributed by atoms with van der Waals surface area (Å²) in [5, 5.41) is 8.46. The SMILES string of the molecule is C.CN=C(N)NCCC[C@@H](NC(=O)OCC1c2ccccc2-c2ccccc21)C(=O)N[C@H](C(=O)OCc1ccccc1)C(C)C.S. The molecule has 3 aromatic carbocycles. The van der Waals surface area contributed by atoms with Gasteiger partial charge in [0, 0.05) is 19.5 Å². The highest BCUT2D eigenvalue weighted by molar-refractivity contribution is 7.59. The van der Waals surface area contributed by atoms with Crippen molar-refractivity contribution in [1.29, 1.82) is 0 Å². The van der Waals surface area contributed by atoms with E-state index in [9.17, 15) is 14.4 Å². The summed E-state index contributed by atoms with van der Waals surface area (Å²) < 4.78 is 11.2. The molecule has 0 spiro atoms. The lowest BCUT2D eigenvalue weighted by atomic mass is 9.98. The Kier molecular flexibility index (Phi) is 15.1. The lowest BCUT2D eigenvalue weighted by Gasteiger charge is -2.25. The van der Waals surface area contributed by atoms with Crippen LogP contribution in [0.15, 0.2) is 83.9 Å². The third-order valence-electron chi connectivity index (χ3n) is 7.61. The topological polar surface area (TPSA) is 144 Å². The summed E-state index contributed by atoms with van der Waals surface area (Å²) >= 11 is 0. The quantitative estimate of drug-likeness (QED) is 0.0898. The van der Waals surface area contributed by atoms with Crippen molar-refractivity contribution in [1.82, 2.24) is 16.0 Å². The molecule has 5 N–H and O–H groups in total. The summed E-state index contributed by atoms with van der Waals surface area (Å²) in [6.07, 6.45) is 0.0366. The monoisotopic (exact) mass is 649 g/mol. The van der Waals surface area contributed by atoms with Gasteiger partial charge in [-0.05, 0) is 46.6 Å². The molecule has 248 valence electrons. The maximum atomic E-state index is 13.5. The first-order valence-electron chi connectivity index (χ1n) is 14.9. The molecule has 0 radical (unpaired) electrons. The van der Waals surface area contributed by atoms with Gasteiger partial charge in [-0.3, -0.25) is 9.79 Å². The highest BCUT2D eigenvalue weighted by atomic mass is 32.1. The van der Waals surface area contributed by atoms with Crippen LogP contribution in [0.1, 0.15) is 56.7 Å². The molecule has 0 aliphatic heterocycles. The number of aliphatic imine (C=N–C) groups is 1. The van der Waals surface area contributed by atoms with Crippen LogP contribution in [0.2, 0.25) is 0 Å². The zero-order valence-electron chi connectivity index (χ0n) is 25.9. The molecule has 1 aliphatic rings. The Morgan fingerprint density at radius 2 is 1.46 bits per heavy atom. The minimum absolute atomic E-state index is 0. The van der Waals surface area contributed by atoms with Crippen molar-refractivity contribution >= 4 is 37.4 Å². The molecule has 0 saturated carbocycles. The summed E-state index contributed by atoms with van der Waals surface area (Å²) in [5.41, 5.74) is 11.0. The Balaban J connectivity index is 0.00000368. The van der Waals surface area contributed by atoms with Crippen LogP contribution in [0.5, 0.6) is 0 Å². The maximum absolute atomic E-state index is 13.5. The number of benzene rings is 3. The van der Waals surface area contributed by atoms with Gasteiger partial charge >= 0.3 is 12.1 Å². The van der Waals surface area contributed by atoms with Gasteiger partial charge in [0.1, 0.15) is 25.3 Å². The van der Waals surface area contributed by atoms with Crippen molar-refractivity contribution in [2.45, 2.75) is 58.7 Å². The summed E-state index contributed by atoms with van der Waals surface area (Å²) in [6, 6.07) is 23.6. The second-order valence-corrected chi connectivity index (χ2v) is 11.0. The van der Waals surface area contributed by atoms with Crippen molar-refractivity contribution in [2.24, 2.45) is 16.6 Å². The molecule has 10 nitrogen and oxygen atoms in total. The number of alkyl carbamates (subject to hydrolysis) is 1. The summed E-state index contributed by atoms with van der Waals surface area (Å²) in [7, 11) is 1.57. The fraction of sp³-hybridized carbons (Fsp3) is 0.371. The number of fused-ring (bicyclic) bond motifs is 3. The Labute approximate surface area is 279 Å². The number of esters is 1. The van der Waals surface area contributed by atoms with E-state index in [-0.39, 0.29) is 58.4 Å². The van der Waals surface area contributed by atoms with Crippen LogP contribution >= 0.6 is 13.5 Å². The number of ether oxygens (including phenoxy) is 2. The number of rotatable bonds is 13. The van der Waals surface area contributed by atoms with E-state index in [4.69, 9.17) is 15.2 Å². The number of carbonyl (C=O) groups is 3. The summed E-state index contributed by atoms with van der Waals surface area (Å²) in [6.45, 7) is 4.27. The lowest BCUT2D eigenvalue weighted by Crippen LogP contribution is -2.53. The fourth-order valence-electron chi connectivity index (χ4n) is 5.22. The molecule has 4 rings (SSSR count). The third-order valence-corrected chi connectivity index (χ3v) is 7.61. The van der Waals surface area contributed by atoms with Gasteiger partial charge < -0.3 is 31.2 Å². The zero-order chi connectivity index (χ0) is 31.5. The number of guanidine groups is 1. The first kappa shape index (κ1) is 37.7. The summed E-state index contributed by atoms with van der Waals surface area (Å²) in [5.74, 6) is -1.15. The van der Waals surface area contributed by atoms with Crippen LogP contribution in [0.4, 0.5) is 4.79 Å². The van der Waals surface area contributed by atoms with E-state index in [1.165, 1.54) is 0 Å². The van der Waals surface area contributed by atoms with E-state index < -0.39 is 30.1 Å². The van der Waals surface area contributed by atoms with Crippen LogP contribution in [-0.2, 0) is 25.7 Å². The molecule has 2 atom stereocenters. The Bertz CT molecular complexity index is 1420. The molecule has 0 heterocycles. The first-order chi connectivity index (χ1) is 21.3. The van der Waals surface area contributed by atoms with Gasteiger partial charge in [0.05, 0.1) is 0 Å².